The summed E-state index contributed by atoms with van der Waals surface area (Å²) in [5, 5.41) is 2.94. The van der Waals surface area contributed by atoms with E-state index in [1.165, 1.54) is 0 Å². The zero-order valence-corrected chi connectivity index (χ0v) is 15.5. The molecule has 1 aromatic heterocycles. The highest BCUT2D eigenvalue weighted by atomic mass is 16.6. The largest absolute Gasteiger partial charge is 0.486 e. The monoisotopic (exact) mass is 378 g/mol. The van der Waals surface area contributed by atoms with Gasteiger partial charge in [0.1, 0.15) is 13.2 Å². The number of nitrogens with zero attached hydrogens (tertiary/aromatic N) is 1. The maximum Gasteiger partial charge on any atom is 0.220 e. The van der Waals surface area contributed by atoms with Crippen LogP contribution in [-0.4, -0.2) is 30.6 Å². The second kappa shape index (κ2) is 8.61. The van der Waals surface area contributed by atoms with Gasteiger partial charge in [0.2, 0.25) is 5.91 Å². The van der Waals surface area contributed by atoms with Crippen molar-refractivity contribution >= 4 is 5.91 Å². The minimum Gasteiger partial charge on any atom is -0.486 e. The number of ether oxygens (including phenoxy) is 2. The van der Waals surface area contributed by atoms with Crippen molar-refractivity contribution in [2.24, 2.45) is 0 Å². The number of hydrogen-bond acceptors (Lipinski definition) is 5. The van der Waals surface area contributed by atoms with Crippen molar-refractivity contribution in [3.05, 3.63) is 66.2 Å². The summed E-state index contributed by atoms with van der Waals surface area (Å²) < 4.78 is 16.8. The van der Waals surface area contributed by atoms with E-state index in [4.69, 9.17) is 13.9 Å². The molecule has 1 aliphatic rings. The van der Waals surface area contributed by atoms with Crippen molar-refractivity contribution in [2.45, 2.75) is 19.3 Å². The molecule has 0 bridgehead atoms. The number of carbonyl (C=O) groups excluding carboxylic acids is 1. The van der Waals surface area contributed by atoms with Crippen LogP contribution in [0.3, 0.4) is 0 Å². The van der Waals surface area contributed by atoms with Crippen molar-refractivity contribution < 1.29 is 18.7 Å². The number of rotatable bonds is 7. The molecule has 3 aromatic rings. The summed E-state index contributed by atoms with van der Waals surface area (Å²) in [6.07, 6.45) is 3.25. The van der Waals surface area contributed by atoms with Crippen LogP contribution in [-0.2, 0) is 17.6 Å². The molecule has 0 fully saturated rings. The average molecular weight is 378 g/mol. The normalized spacial score (nSPS) is 12.6. The Morgan fingerprint density at radius 1 is 1.00 bits per heavy atom. The standard InChI is InChI=1S/C22H22N2O4/c25-21(8-9-22-24-15-20(28-22)17-4-2-1-3-5-17)23-11-10-16-6-7-18-19(14-16)27-13-12-26-18/h1-7,14-15H,8-13H2,(H,23,25). The van der Waals surface area contributed by atoms with Gasteiger partial charge in [0, 0.05) is 24.9 Å². The van der Waals surface area contributed by atoms with Gasteiger partial charge in [0.25, 0.3) is 0 Å². The molecular weight excluding hydrogens is 356 g/mol. The fourth-order valence-electron chi connectivity index (χ4n) is 3.06. The summed E-state index contributed by atoms with van der Waals surface area (Å²) >= 11 is 0. The molecule has 6 nitrogen and oxygen atoms in total. The van der Waals surface area contributed by atoms with Gasteiger partial charge < -0.3 is 19.2 Å². The Kier molecular flexibility index (Phi) is 5.56. The number of hydrogen-bond donors (Lipinski definition) is 1. The van der Waals surface area contributed by atoms with Gasteiger partial charge in [-0.3, -0.25) is 4.79 Å². The molecule has 0 saturated carbocycles. The van der Waals surface area contributed by atoms with Gasteiger partial charge in [-0.15, -0.1) is 0 Å². The van der Waals surface area contributed by atoms with Gasteiger partial charge in [0.15, 0.2) is 23.1 Å². The van der Waals surface area contributed by atoms with Crippen LogP contribution in [0.5, 0.6) is 11.5 Å². The summed E-state index contributed by atoms with van der Waals surface area (Å²) in [4.78, 5) is 16.4. The first-order valence-electron chi connectivity index (χ1n) is 9.43. The summed E-state index contributed by atoms with van der Waals surface area (Å²) in [6, 6.07) is 15.7. The highest BCUT2D eigenvalue weighted by molar-refractivity contribution is 5.76. The average Bonchev–Trinajstić information content (AvgIpc) is 3.22. The lowest BCUT2D eigenvalue weighted by molar-refractivity contribution is -0.121. The molecule has 0 unspecified atom stereocenters. The number of nitrogens with one attached hydrogen (secondary N) is 1. The highest BCUT2D eigenvalue weighted by Gasteiger charge is 2.12. The third kappa shape index (κ3) is 4.52. The van der Waals surface area contributed by atoms with Crippen molar-refractivity contribution in [3.63, 3.8) is 0 Å². The van der Waals surface area contributed by atoms with E-state index in [-0.39, 0.29) is 5.91 Å². The molecule has 28 heavy (non-hydrogen) atoms. The van der Waals surface area contributed by atoms with Crippen molar-refractivity contribution in [1.29, 1.82) is 0 Å². The number of aromatic nitrogens is 1. The smallest absolute Gasteiger partial charge is 0.220 e. The molecule has 2 heterocycles. The topological polar surface area (TPSA) is 73.6 Å². The van der Waals surface area contributed by atoms with Crippen LogP contribution in [0.4, 0.5) is 0 Å². The van der Waals surface area contributed by atoms with E-state index in [1.807, 2.05) is 48.5 Å². The van der Waals surface area contributed by atoms with Crippen LogP contribution in [0.25, 0.3) is 11.3 Å². The summed E-state index contributed by atoms with van der Waals surface area (Å²) in [7, 11) is 0. The van der Waals surface area contributed by atoms with Gasteiger partial charge >= 0.3 is 0 Å². The van der Waals surface area contributed by atoms with Gasteiger partial charge in [0.05, 0.1) is 6.20 Å². The molecule has 0 saturated heterocycles. The Hall–Kier alpha value is -3.28. The van der Waals surface area contributed by atoms with Crippen LogP contribution in [0, 0.1) is 0 Å². The zero-order valence-electron chi connectivity index (χ0n) is 15.5. The quantitative estimate of drug-likeness (QED) is 0.682. The van der Waals surface area contributed by atoms with Crippen LogP contribution < -0.4 is 14.8 Å². The maximum atomic E-state index is 12.1. The molecule has 6 heteroatoms. The van der Waals surface area contributed by atoms with E-state index < -0.39 is 0 Å². The molecule has 0 atom stereocenters. The van der Waals surface area contributed by atoms with Crippen LogP contribution in [0.2, 0.25) is 0 Å². The van der Waals surface area contributed by atoms with Crippen molar-refractivity contribution in [1.82, 2.24) is 10.3 Å². The first kappa shape index (κ1) is 18.1. The predicted molar refractivity (Wildman–Crippen MR) is 104 cm³/mol. The molecule has 1 amide bonds. The van der Waals surface area contributed by atoms with E-state index in [0.29, 0.717) is 38.5 Å². The third-order valence-corrected chi connectivity index (χ3v) is 4.52. The summed E-state index contributed by atoms with van der Waals surface area (Å²) in [5.41, 5.74) is 2.08. The number of carbonyl (C=O) groups is 1. The molecule has 0 aliphatic carbocycles. The summed E-state index contributed by atoms with van der Waals surface area (Å²) in [5.74, 6) is 2.82. The number of oxazole rings is 1. The number of fused-ring (bicyclic) bond motifs is 1. The van der Waals surface area contributed by atoms with Gasteiger partial charge in [-0.25, -0.2) is 4.98 Å². The first-order valence-corrected chi connectivity index (χ1v) is 9.43. The molecule has 0 spiro atoms. The lowest BCUT2D eigenvalue weighted by atomic mass is 10.1. The number of benzene rings is 2. The Bertz CT molecular complexity index is 937. The van der Waals surface area contributed by atoms with Crippen LogP contribution >= 0.6 is 0 Å². The molecule has 144 valence electrons. The van der Waals surface area contributed by atoms with E-state index in [9.17, 15) is 4.79 Å². The van der Waals surface area contributed by atoms with E-state index in [1.54, 1.807) is 6.20 Å². The molecule has 4 rings (SSSR count). The van der Waals surface area contributed by atoms with Crippen LogP contribution in [0.1, 0.15) is 17.9 Å². The van der Waals surface area contributed by atoms with E-state index in [0.717, 1.165) is 34.8 Å². The summed E-state index contributed by atoms with van der Waals surface area (Å²) in [6.45, 7) is 1.72. The first-order chi connectivity index (χ1) is 13.8. The third-order valence-electron chi connectivity index (χ3n) is 4.52. The second-order valence-corrected chi connectivity index (χ2v) is 6.56. The lowest BCUT2D eigenvalue weighted by Crippen LogP contribution is -2.26. The zero-order chi connectivity index (χ0) is 19.2. The molecule has 0 radical (unpaired) electrons. The predicted octanol–water partition coefficient (Wildman–Crippen LogP) is 3.40. The van der Waals surface area contributed by atoms with Crippen molar-refractivity contribution in [3.8, 4) is 22.8 Å². The maximum absolute atomic E-state index is 12.1. The molecule has 1 aliphatic heterocycles. The molecule has 1 N–H and O–H groups in total. The van der Waals surface area contributed by atoms with E-state index >= 15 is 0 Å². The van der Waals surface area contributed by atoms with Crippen molar-refractivity contribution in [2.75, 3.05) is 19.8 Å². The molecule has 2 aromatic carbocycles. The number of aryl methyl sites for hydroxylation is 1. The Labute approximate surface area is 163 Å². The number of amides is 1. The Morgan fingerprint density at radius 2 is 1.82 bits per heavy atom. The molecular formula is C22H22N2O4. The lowest BCUT2D eigenvalue weighted by Gasteiger charge is -2.18. The SMILES string of the molecule is O=C(CCc1ncc(-c2ccccc2)o1)NCCc1ccc2c(c1)OCCO2. The van der Waals surface area contributed by atoms with Crippen LogP contribution in [0.15, 0.2) is 59.1 Å². The minimum absolute atomic E-state index is 0.0167. The van der Waals surface area contributed by atoms with Gasteiger partial charge in [-0.1, -0.05) is 36.4 Å². The highest BCUT2D eigenvalue weighted by Crippen LogP contribution is 2.30. The van der Waals surface area contributed by atoms with Gasteiger partial charge in [-0.05, 0) is 24.1 Å². The second-order valence-electron chi connectivity index (χ2n) is 6.56. The van der Waals surface area contributed by atoms with E-state index in [2.05, 4.69) is 10.3 Å². The fourth-order valence-corrected chi connectivity index (χ4v) is 3.06. The Balaban J connectivity index is 1.22. The minimum atomic E-state index is -0.0167. The van der Waals surface area contributed by atoms with Gasteiger partial charge in [-0.2, -0.15) is 0 Å². The Morgan fingerprint density at radius 3 is 2.68 bits per heavy atom. The fraction of sp³-hybridized carbons (Fsp3) is 0.273.